The lowest BCUT2D eigenvalue weighted by Crippen LogP contribution is -2.04. The normalized spacial score (nSPS) is 11.6. The summed E-state index contributed by atoms with van der Waals surface area (Å²) in [7, 11) is 0. The number of oxazole rings is 1. The van der Waals surface area contributed by atoms with Gasteiger partial charge in [0.25, 0.3) is 0 Å². The lowest BCUT2D eigenvalue weighted by Gasteiger charge is -2.07. The highest BCUT2D eigenvalue weighted by Gasteiger charge is 2.20. The van der Waals surface area contributed by atoms with Crippen molar-refractivity contribution in [2.24, 2.45) is 0 Å². The topological polar surface area (TPSA) is 52.3 Å². The molecule has 30 heavy (non-hydrogen) atoms. The summed E-state index contributed by atoms with van der Waals surface area (Å²) in [6.07, 6.45) is 2.64. The summed E-state index contributed by atoms with van der Waals surface area (Å²) in [5.41, 5.74) is 2.87. The van der Waals surface area contributed by atoms with Gasteiger partial charge in [-0.2, -0.15) is 0 Å². The van der Waals surface area contributed by atoms with E-state index in [1.165, 1.54) is 0 Å². The van der Waals surface area contributed by atoms with Gasteiger partial charge in [0.15, 0.2) is 11.4 Å². The summed E-state index contributed by atoms with van der Waals surface area (Å²) in [5.74, 6) is 0.780. The smallest absolute Gasteiger partial charge is 0.231 e. The number of allylic oxidation sites excluding steroid dienone is 1. The molecular weight excluding hydrogens is 398 g/mol. The standard InChI is InChI=1S/C25H20ClNO3/c1-2-15-29-19-13-11-17(12-14-19)24(28)20(16-18-7-3-4-8-21(18)26)25-27-22-9-5-6-10-23(22)30-25/h3-14,16H,2,15H2,1H3/b20-16-. The Hall–Kier alpha value is -3.37. The first-order valence-electron chi connectivity index (χ1n) is 9.75. The summed E-state index contributed by atoms with van der Waals surface area (Å²) in [4.78, 5) is 17.9. The van der Waals surface area contributed by atoms with E-state index in [9.17, 15) is 4.79 Å². The van der Waals surface area contributed by atoms with E-state index in [2.05, 4.69) is 4.98 Å². The largest absolute Gasteiger partial charge is 0.494 e. The molecule has 0 amide bonds. The van der Waals surface area contributed by atoms with Crippen LogP contribution >= 0.6 is 11.6 Å². The van der Waals surface area contributed by atoms with Crippen molar-refractivity contribution in [3.63, 3.8) is 0 Å². The number of Topliss-reactive ketones (excluding diaryl/α,β-unsaturated/α-hetero) is 1. The van der Waals surface area contributed by atoms with Gasteiger partial charge in [0.2, 0.25) is 5.89 Å². The third-order valence-corrected chi connectivity index (χ3v) is 4.91. The van der Waals surface area contributed by atoms with E-state index in [1.807, 2.05) is 49.4 Å². The molecule has 0 aliphatic heterocycles. The molecule has 0 bridgehead atoms. The molecule has 0 fully saturated rings. The van der Waals surface area contributed by atoms with Gasteiger partial charge in [-0.05, 0) is 60.5 Å². The third kappa shape index (κ3) is 4.29. The molecule has 0 atom stereocenters. The third-order valence-electron chi connectivity index (χ3n) is 4.56. The quantitative estimate of drug-likeness (QED) is 0.248. The Morgan fingerprint density at radius 1 is 1.03 bits per heavy atom. The van der Waals surface area contributed by atoms with Gasteiger partial charge in [0.05, 0.1) is 12.2 Å². The molecule has 0 saturated carbocycles. The van der Waals surface area contributed by atoms with Crippen LogP contribution in [0.1, 0.15) is 35.2 Å². The van der Waals surface area contributed by atoms with Gasteiger partial charge in [-0.1, -0.05) is 48.9 Å². The molecular formula is C25H20ClNO3. The summed E-state index contributed by atoms with van der Waals surface area (Å²) < 4.78 is 11.5. The second kappa shape index (κ2) is 8.97. The molecule has 0 aliphatic carbocycles. The van der Waals surface area contributed by atoms with Crippen molar-refractivity contribution in [3.8, 4) is 5.75 Å². The average molecular weight is 418 g/mol. The second-order valence-electron chi connectivity index (χ2n) is 6.77. The molecule has 3 aromatic carbocycles. The van der Waals surface area contributed by atoms with E-state index in [-0.39, 0.29) is 11.7 Å². The number of carbonyl (C=O) groups excluding carboxylic acids is 1. The number of rotatable bonds is 7. The Kier molecular flexibility index (Phi) is 5.96. The van der Waals surface area contributed by atoms with E-state index in [0.29, 0.717) is 39.4 Å². The van der Waals surface area contributed by atoms with Crippen LogP contribution in [0.3, 0.4) is 0 Å². The van der Waals surface area contributed by atoms with E-state index in [4.69, 9.17) is 20.8 Å². The van der Waals surface area contributed by atoms with Crippen LogP contribution in [0.25, 0.3) is 22.7 Å². The first-order valence-corrected chi connectivity index (χ1v) is 10.1. The van der Waals surface area contributed by atoms with Crippen LogP contribution in [-0.2, 0) is 0 Å². The number of ketones is 1. The van der Waals surface area contributed by atoms with Crippen LogP contribution < -0.4 is 4.74 Å². The highest BCUT2D eigenvalue weighted by molar-refractivity contribution is 6.35. The maximum atomic E-state index is 13.4. The molecule has 0 unspecified atom stereocenters. The predicted molar refractivity (Wildman–Crippen MR) is 120 cm³/mol. The molecule has 150 valence electrons. The van der Waals surface area contributed by atoms with Gasteiger partial charge in [0.1, 0.15) is 11.3 Å². The van der Waals surface area contributed by atoms with Crippen molar-refractivity contribution in [3.05, 3.63) is 94.8 Å². The molecule has 0 aliphatic rings. The Balaban J connectivity index is 1.77. The van der Waals surface area contributed by atoms with Gasteiger partial charge in [-0.15, -0.1) is 0 Å². The molecule has 5 heteroatoms. The van der Waals surface area contributed by atoms with Crippen LogP contribution in [0.5, 0.6) is 5.75 Å². The lowest BCUT2D eigenvalue weighted by atomic mass is 10.0. The minimum Gasteiger partial charge on any atom is -0.494 e. The number of nitrogens with zero attached hydrogens (tertiary/aromatic N) is 1. The van der Waals surface area contributed by atoms with Crippen LogP contribution in [0.4, 0.5) is 0 Å². The van der Waals surface area contributed by atoms with Gasteiger partial charge in [0, 0.05) is 10.6 Å². The predicted octanol–water partition coefficient (Wildman–Crippen LogP) is 6.69. The Bertz CT molecular complexity index is 1180. The SMILES string of the molecule is CCCOc1ccc(C(=O)/C(=C/c2ccccc2Cl)c2nc3ccccc3o2)cc1. The van der Waals surface area contributed by atoms with Gasteiger partial charge in [-0.25, -0.2) is 4.98 Å². The maximum absolute atomic E-state index is 13.4. The van der Waals surface area contributed by atoms with Crippen molar-refractivity contribution >= 4 is 40.1 Å². The Labute approximate surface area is 179 Å². The zero-order valence-corrected chi connectivity index (χ0v) is 17.2. The number of ether oxygens (including phenoxy) is 1. The monoisotopic (exact) mass is 417 g/mol. The highest BCUT2D eigenvalue weighted by atomic mass is 35.5. The number of benzene rings is 3. The fraction of sp³-hybridized carbons (Fsp3) is 0.120. The molecule has 1 heterocycles. The zero-order chi connectivity index (χ0) is 20.9. The zero-order valence-electron chi connectivity index (χ0n) is 16.5. The fourth-order valence-corrected chi connectivity index (χ4v) is 3.23. The first-order chi connectivity index (χ1) is 14.7. The van der Waals surface area contributed by atoms with Gasteiger partial charge < -0.3 is 9.15 Å². The van der Waals surface area contributed by atoms with E-state index < -0.39 is 0 Å². The van der Waals surface area contributed by atoms with E-state index in [1.54, 1.807) is 36.4 Å². The first kappa shape index (κ1) is 19.9. The van der Waals surface area contributed by atoms with Crippen LogP contribution in [0.2, 0.25) is 5.02 Å². The van der Waals surface area contributed by atoms with Crippen LogP contribution in [0.15, 0.2) is 77.2 Å². The number of carbonyl (C=O) groups is 1. The van der Waals surface area contributed by atoms with E-state index in [0.717, 1.165) is 12.2 Å². The summed E-state index contributed by atoms with van der Waals surface area (Å²) in [6, 6.07) is 21.8. The number of fused-ring (bicyclic) bond motifs is 1. The van der Waals surface area contributed by atoms with Crippen molar-refractivity contribution < 1.29 is 13.9 Å². The molecule has 4 rings (SSSR count). The lowest BCUT2D eigenvalue weighted by molar-refractivity contribution is 0.105. The molecule has 0 N–H and O–H groups in total. The van der Waals surface area contributed by atoms with Crippen molar-refractivity contribution in [1.82, 2.24) is 4.98 Å². The maximum Gasteiger partial charge on any atom is 0.231 e. The Morgan fingerprint density at radius 2 is 1.77 bits per heavy atom. The molecule has 4 aromatic rings. The number of hydrogen-bond donors (Lipinski definition) is 0. The summed E-state index contributed by atoms with van der Waals surface area (Å²) >= 11 is 6.33. The molecule has 1 aromatic heterocycles. The van der Waals surface area contributed by atoms with Gasteiger partial charge >= 0.3 is 0 Å². The number of para-hydroxylation sites is 2. The van der Waals surface area contributed by atoms with E-state index >= 15 is 0 Å². The highest BCUT2D eigenvalue weighted by Crippen LogP contribution is 2.28. The minimum atomic E-state index is -0.205. The average Bonchev–Trinajstić information content (AvgIpc) is 3.21. The molecule has 0 saturated heterocycles. The van der Waals surface area contributed by atoms with Gasteiger partial charge in [-0.3, -0.25) is 4.79 Å². The number of hydrogen-bond acceptors (Lipinski definition) is 4. The van der Waals surface area contributed by atoms with Crippen molar-refractivity contribution in [2.45, 2.75) is 13.3 Å². The van der Waals surface area contributed by atoms with Crippen molar-refractivity contribution in [1.29, 1.82) is 0 Å². The molecule has 0 radical (unpaired) electrons. The van der Waals surface area contributed by atoms with Crippen LogP contribution in [0, 0.1) is 0 Å². The Morgan fingerprint density at radius 3 is 2.50 bits per heavy atom. The summed E-state index contributed by atoms with van der Waals surface area (Å²) in [6.45, 7) is 2.68. The van der Waals surface area contributed by atoms with Crippen molar-refractivity contribution in [2.75, 3.05) is 6.61 Å². The van der Waals surface area contributed by atoms with Crippen LogP contribution in [-0.4, -0.2) is 17.4 Å². The number of halogens is 1. The summed E-state index contributed by atoms with van der Waals surface area (Å²) in [5, 5.41) is 0.544. The molecule has 0 spiro atoms. The minimum absolute atomic E-state index is 0.205. The molecule has 4 nitrogen and oxygen atoms in total. The number of aromatic nitrogens is 1. The second-order valence-corrected chi connectivity index (χ2v) is 7.18. The fourth-order valence-electron chi connectivity index (χ4n) is 3.04.